The van der Waals surface area contributed by atoms with Gasteiger partial charge in [0.1, 0.15) is 11.7 Å². The molecule has 1 amide bonds. The number of hydrogen-bond acceptors (Lipinski definition) is 3. The van der Waals surface area contributed by atoms with E-state index in [-0.39, 0.29) is 11.9 Å². The second-order valence-electron chi connectivity index (χ2n) is 3.61. The largest absolute Gasteiger partial charge is 0.321 e. The molecular formula is C10H12N4O. The number of likely N-dealkylation sites (tertiary alicyclic amines) is 1. The summed E-state index contributed by atoms with van der Waals surface area (Å²) in [6.45, 7) is 0.663. The van der Waals surface area contributed by atoms with E-state index in [1.165, 1.54) is 0 Å². The zero-order chi connectivity index (χ0) is 10.7. The number of H-pyrrole nitrogens is 1. The molecule has 15 heavy (non-hydrogen) atoms. The highest BCUT2D eigenvalue weighted by atomic mass is 16.2. The molecule has 2 heterocycles. The van der Waals surface area contributed by atoms with Gasteiger partial charge in [-0.3, -0.25) is 9.89 Å². The first-order valence-electron chi connectivity index (χ1n) is 5.03. The van der Waals surface area contributed by atoms with Gasteiger partial charge in [-0.05, 0) is 25.3 Å². The van der Waals surface area contributed by atoms with Crippen molar-refractivity contribution in [1.82, 2.24) is 15.1 Å². The summed E-state index contributed by atoms with van der Waals surface area (Å²) < 4.78 is 0. The number of amides is 1. The van der Waals surface area contributed by atoms with Crippen LogP contribution in [0.25, 0.3) is 0 Å². The van der Waals surface area contributed by atoms with E-state index in [1.807, 2.05) is 0 Å². The minimum Gasteiger partial charge on any atom is -0.321 e. The third kappa shape index (κ3) is 1.84. The number of carbonyl (C=O) groups is 1. The van der Waals surface area contributed by atoms with Gasteiger partial charge < -0.3 is 4.90 Å². The molecule has 0 saturated carbocycles. The molecule has 1 atom stereocenters. The summed E-state index contributed by atoms with van der Waals surface area (Å²) in [7, 11) is 0. The van der Waals surface area contributed by atoms with Gasteiger partial charge in [0.2, 0.25) is 0 Å². The van der Waals surface area contributed by atoms with E-state index in [4.69, 9.17) is 5.26 Å². The molecule has 1 aromatic rings. The Morgan fingerprint density at radius 3 is 3.20 bits per heavy atom. The molecule has 0 spiro atoms. The van der Waals surface area contributed by atoms with Gasteiger partial charge in [0.15, 0.2) is 0 Å². The van der Waals surface area contributed by atoms with Gasteiger partial charge in [0.05, 0.1) is 6.07 Å². The first-order valence-corrected chi connectivity index (χ1v) is 5.03. The van der Waals surface area contributed by atoms with Crippen LogP contribution in [0.4, 0.5) is 0 Å². The van der Waals surface area contributed by atoms with Crippen LogP contribution in [0.15, 0.2) is 12.3 Å². The van der Waals surface area contributed by atoms with Crippen molar-refractivity contribution in [2.24, 2.45) is 0 Å². The number of nitrogens with one attached hydrogen (secondary N) is 1. The minimum absolute atomic E-state index is 0.126. The Balaban J connectivity index is 2.15. The van der Waals surface area contributed by atoms with Crippen molar-refractivity contribution in [3.8, 4) is 6.07 Å². The molecule has 5 nitrogen and oxygen atoms in total. The van der Waals surface area contributed by atoms with E-state index in [0.29, 0.717) is 12.2 Å². The third-order valence-corrected chi connectivity index (χ3v) is 2.64. The lowest BCUT2D eigenvalue weighted by molar-refractivity contribution is 0.0664. The van der Waals surface area contributed by atoms with E-state index in [9.17, 15) is 4.79 Å². The monoisotopic (exact) mass is 204 g/mol. The number of aromatic amines is 1. The van der Waals surface area contributed by atoms with Gasteiger partial charge in [-0.25, -0.2) is 0 Å². The fourth-order valence-corrected chi connectivity index (χ4v) is 1.84. The zero-order valence-electron chi connectivity index (χ0n) is 8.31. The summed E-state index contributed by atoms with van der Waals surface area (Å²) in [5.74, 6) is -0.126. The molecule has 5 heteroatoms. The van der Waals surface area contributed by atoms with Crippen molar-refractivity contribution in [3.63, 3.8) is 0 Å². The van der Waals surface area contributed by atoms with Gasteiger partial charge in [0, 0.05) is 12.7 Å². The lowest BCUT2D eigenvalue weighted by Gasteiger charge is -2.30. The van der Waals surface area contributed by atoms with E-state index >= 15 is 0 Å². The molecule has 0 radical (unpaired) electrons. The van der Waals surface area contributed by atoms with Gasteiger partial charge in [-0.1, -0.05) is 0 Å². The Hall–Kier alpha value is -1.83. The molecule has 1 aliphatic heterocycles. The number of carbonyl (C=O) groups excluding carboxylic acids is 1. The van der Waals surface area contributed by atoms with Crippen LogP contribution in [0.3, 0.4) is 0 Å². The van der Waals surface area contributed by atoms with Crippen molar-refractivity contribution >= 4 is 5.91 Å². The van der Waals surface area contributed by atoms with Crippen LogP contribution in [0, 0.1) is 11.3 Å². The molecule has 1 saturated heterocycles. The standard InChI is InChI=1S/C10H12N4O/c11-7-8-3-1-2-6-14(8)10(15)9-4-5-12-13-9/h4-5,8H,1-3,6H2,(H,12,13). The first kappa shape index (κ1) is 9.71. The first-order chi connectivity index (χ1) is 7.33. The number of nitrogens with zero attached hydrogens (tertiary/aromatic N) is 3. The molecule has 78 valence electrons. The highest BCUT2D eigenvalue weighted by molar-refractivity contribution is 5.92. The van der Waals surface area contributed by atoms with Crippen molar-refractivity contribution in [3.05, 3.63) is 18.0 Å². The van der Waals surface area contributed by atoms with E-state index in [2.05, 4.69) is 16.3 Å². The average Bonchev–Trinajstić information content (AvgIpc) is 2.81. The Labute approximate surface area is 87.7 Å². The van der Waals surface area contributed by atoms with E-state index < -0.39 is 0 Å². The molecule has 0 aromatic carbocycles. The summed E-state index contributed by atoms with van der Waals surface area (Å²) in [5.41, 5.74) is 0.456. The highest BCUT2D eigenvalue weighted by Gasteiger charge is 2.27. The maximum atomic E-state index is 11.9. The smallest absolute Gasteiger partial charge is 0.272 e. The lowest BCUT2D eigenvalue weighted by atomic mass is 10.0. The molecule has 1 unspecified atom stereocenters. The van der Waals surface area contributed by atoms with Crippen LogP contribution in [-0.4, -0.2) is 33.6 Å². The average molecular weight is 204 g/mol. The zero-order valence-corrected chi connectivity index (χ0v) is 8.31. The van der Waals surface area contributed by atoms with Crippen molar-refractivity contribution in [2.75, 3.05) is 6.54 Å². The second-order valence-corrected chi connectivity index (χ2v) is 3.61. The fourth-order valence-electron chi connectivity index (χ4n) is 1.84. The Morgan fingerprint density at radius 2 is 2.53 bits per heavy atom. The maximum Gasteiger partial charge on any atom is 0.272 e. The molecular weight excluding hydrogens is 192 g/mol. The number of piperidine rings is 1. The molecule has 2 rings (SSSR count). The van der Waals surface area contributed by atoms with Gasteiger partial charge in [-0.2, -0.15) is 10.4 Å². The Morgan fingerprint density at radius 1 is 1.67 bits per heavy atom. The quantitative estimate of drug-likeness (QED) is 0.739. The highest BCUT2D eigenvalue weighted by Crippen LogP contribution is 2.18. The molecule has 1 fully saturated rings. The number of hydrogen-bond donors (Lipinski definition) is 1. The minimum atomic E-state index is -0.283. The maximum absolute atomic E-state index is 11.9. The second kappa shape index (κ2) is 4.13. The van der Waals surface area contributed by atoms with Crippen molar-refractivity contribution in [1.29, 1.82) is 5.26 Å². The van der Waals surface area contributed by atoms with Crippen LogP contribution in [0.1, 0.15) is 29.8 Å². The Kier molecular flexibility index (Phi) is 2.68. The number of nitriles is 1. The van der Waals surface area contributed by atoms with Crippen molar-refractivity contribution < 1.29 is 4.79 Å². The predicted molar refractivity (Wildman–Crippen MR) is 52.9 cm³/mol. The number of rotatable bonds is 1. The summed E-state index contributed by atoms with van der Waals surface area (Å²) in [4.78, 5) is 13.6. The van der Waals surface area contributed by atoms with Crippen LogP contribution in [-0.2, 0) is 0 Å². The topological polar surface area (TPSA) is 72.8 Å². The Bertz CT molecular complexity index is 379. The molecule has 1 N–H and O–H groups in total. The molecule has 1 aliphatic rings. The molecule has 1 aromatic heterocycles. The predicted octanol–water partition coefficient (Wildman–Crippen LogP) is 0.928. The van der Waals surface area contributed by atoms with Gasteiger partial charge >= 0.3 is 0 Å². The van der Waals surface area contributed by atoms with Gasteiger partial charge in [0.25, 0.3) is 5.91 Å². The summed E-state index contributed by atoms with van der Waals surface area (Å²) in [6.07, 6.45) is 4.30. The normalized spacial score (nSPS) is 21.0. The molecule has 0 bridgehead atoms. The molecule has 0 aliphatic carbocycles. The van der Waals surface area contributed by atoms with Crippen LogP contribution in [0.5, 0.6) is 0 Å². The van der Waals surface area contributed by atoms with Gasteiger partial charge in [-0.15, -0.1) is 0 Å². The van der Waals surface area contributed by atoms with Crippen LogP contribution < -0.4 is 0 Å². The van der Waals surface area contributed by atoms with Crippen LogP contribution in [0.2, 0.25) is 0 Å². The lowest BCUT2D eigenvalue weighted by Crippen LogP contribution is -2.43. The summed E-state index contributed by atoms with van der Waals surface area (Å²) in [6, 6.07) is 3.52. The van der Waals surface area contributed by atoms with Crippen LogP contribution >= 0.6 is 0 Å². The number of aromatic nitrogens is 2. The summed E-state index contributed by atoms with van der Waals surface area (Å²) >= 11 is 0. The summed E-state index contributed by atoms with van der Waals surface area (Å²) in [5, 5.41) is 15.3. The SMILES string of the molecule is N#CC1CCCCN1C(=O)c1ccn[nH]1. The fraction of sp³-hybridized carbons (Fsp3) is 0.500. The van der Waals surface area contributed by atoms with E-state index in [0.717, 1.165) is 19.3 Å². The third-order valence-electron chi connectivity index (χ3n) is 2.64. The van der Waals surface area contributed by atoms with Crippen molar-refractivity contribution in [2.45, 2.75) is 25.3 Å². The van der Waals surface area contributed by atoms with E-state index in [1.54, 1.807) is 17.2 Å².